The minimum absolute atomic E-state index is 0.0308. The average molecular weight is 401 g/mol. The van der Waals surface area contributed by atoms with Crippen LogP contribution in [0.2, 0.25) is 10.0 Å². The van der Waals surface area contributed by atoms with Gasteiger partial charge in [-0.2, -0.15) is 5.26 Å². The molecule has 0 saturated carbocycles. The maximum atomic E-state index is 12.3. The highest BCUT2D eigenvalue weighted by atomic mass is 35.5. The molecule has 134 valence electrons. The van der Waals surface area contributed by atoms with Gasteiger partial charge in [0.25, 0.3) is 0 Å². The van der Waals surface area contributed by atoms with Crippen molar-refractivity contribution in [1.29, 1.82) is 5.26 Å². The number of alkyl halides is 3. The molecule has 0 spiro atoms. The molecule has 1 N–H and O–H groups in total. The molecule has 0 fully saturated rings. The van der Waals surface area contributed by atoms with Crippen LogP contribution in [-0.4, -0.2) is 12.1 Å². The second kappa shape index (κ2) is 8.13. The number of anilines is 1. The number of ketones is 1. The third-order valence-corrected chi connectivity index (χ3v) is 3.76. The molecule has 26 heavy (non-hydrogen) atoms. The molecule has 0 atom stereocenters. The maximum absolute atomic E-state index is 12.3. The van der Waals surface area contributed by atoms with Crippen molar-refractivity contribution in [2.45, 2.75) is 6.36 Å². The second-order valence-electron chi connectivity index (χ2n) is 4.84. The van der Waals surface area contributed by atoms with Crippen LogP contribution in [0.1, 0.15) is 10.4 Å². The molecule has 2 aromatic rings. The van der Waals surface area contributed by atoms with Gasteiger partial charge in [0.2, 0.25) is 5.78 Å². The lowest BCUT2D eigenvalue weighted by Gasteiger charge is -2.09. The Bertz CT molecular complexity index is 888. The van der Waals surface area contributed by atoms with Crippen LogP contribution >= 0.6 is 23.2 Å². The first-order valence-electron chi connectivity index (χ1n) is 6.92. The molecule has 9 heteroatoms. The summed E-state index contributed by atoms with van der Waals surface area (Å²) in [6, 6.07) is 10.6. The summed E-state index contributed by atoms with van der Waals surface area (Å²) in [5, 5.41) is 12.5. The molecule has 0 bridgehead atoms. The van der Waals surface area contributed by atoms with Gasteiger partial charge in [-0.25, -0.2) is 0 Å². The van der Waals surface area contributed by atoms with Gasteiger partial charge in [-0.1, -0.05) is 23.2 Å². The average Bonchev–Trinajstić information content (AvgIpc) is 2.57. The van der Waals surface area contributed by atoms with Gasteiger partial charge in [-0.05, 0) is 42.5 Å². The molecule has 0 amide bonds. The molecule has 2 rings (SSSR count). The third-order valence-electron chi connectivity index (χ3n) is 3.02. The van der Waals surface area contributed by atoms with Gasteiger partial charge in [0.05, 0.1) is 10.0 Å². The Morgan fingerprint density at radius 3 is 2.31 bits per heavy atom. The standard InChI is InChI=1S/C17H9Cl2F3N2O2/c18-14-6-3-12(7-15(14)19)24-9-11(8-23)16(25)10-1-4-13(5-2-10)26-17(20,21)22/h1-7,9,24H. The van der Waals surface area contributed by atoms with Crippen LogP contribution in [-0.2, 0) is 0 Å². The van der Waals surface area contributed by atoms with Gasteiger partial charge < -0.3 is 10.1 Å². The number of benzene rings is 2. The topological polar surface area (TPSA) is 62.1 Å². The summed E-state index contributed by atoms with van der Waals surface area (Å²) in [5.41, 5.74) is 0.276. The van der Waals surface area contributed by atoms with Crippen molar-refractivity contribution < 1.29 is 22.7 Å². The van der Waals surface area contributed by atoms with Crippen molar-refractivity contribution in [3.63, 3.8) is 0 Å². The zero-order valence-electron chi connectivity index (χ0n) is 12.8. The number of nitriles is 1. The van der Waals surface area contributed by atoms with Gasteiger partial charge in [-0.15, -0.1) is 13.2 Å². The first-order chi connectivity index (χ1) is 12.2. The second-order valence-corrected chi connectivity index (χ2v) is 5.66. The highest BCUT2D eigenvalue weighted by molar-refractivity contribution is 6.42. The third kappa shape index (κ3) is 5.41. The monoisotopic (exact) mass is 400 g/mol. The van der Waals surface area contributed by atoms with E-state index < -0.39 is 17.9 Å². The fourth-order valence-electron chi connectivity index (χ4n) is 1.85. The van der Waals surface area contributed by atoms with Gasteiger partial charge >= 0.3 is 6.36 Å². The molecular formula is C17H9Cl2F3N2O2. The van der Waals surface area contributed by atoms with E-state index in [-0.39, 0.29) is 16.2 Å². The minimum Gasteiger partial charge on any atom is -0.406 e. The first kappa shape index (κ1) is 19.6. The van der Waals surface area contributed by atoms with Crippen LogP contribution < -0.4 is 10.1 Å². The van der Waals surface area contributed by atoms with Crippen molar-refractivity contribution in [3.05, 3.63) is 69.8 Å². The summed E-state index contributed by atoms with van der Waals surface area (Å²) in [5.74, 6) is -1.14. The summed E-state index contributed by atoms with van der Waals surface area (Å²) in [6.07, 6.45) is -3.66. The summed E-state index contributed by atoms with van der Waals surface area (Å²) >= 11 is 11.7. The molecule has 0 radical (unpaired) electrons. The molecule has 0 unspecified atom stereocenters. The van der Waals surface area contributed by atoms with E-state index in [0.29, 0.717) is 10.7 Å². The summed E-state index contributed by atoms with van der Waals surface area (Å²) in [6.45, 7) is 0. The quantitative estimate of drug-likeness (QED) is 0.403. The Kier molecular flexibility index (Phi) is 6.14. The number of halogens is 5. The largest absolute Gasteiger partial charge is 0.573 e. The number of nitrogens with zero attached hydrogens (tertiary/aromatic N) is 1. The zero-order chi connectivity index (χ0) is 19.3. The fraction of sp³-hybridized carbons (Fsp3) is 0.0588. The van der Waals surface area contributed by atoms with E-state index >= 15 is 0 Å². The van der Waals surface area contributed by atoms with E-state index in [1.54, 1.807) is 12.1 Å². The molecule has 0 aromatic heterocycles. The van der Waals surface area contributed by atoms with E-state index in [2.05, 4.69) is 10.1 Å². The maximum Gasteiger partial charge on any atom is 0.573 e. The number of allylic oxidation sites excluding steroid dienone is 1. The van der Waals surface area contributed by atoms with Crippen molar-refractivity contribution in [2.75, 3.05) is 5.32 Å². The van der Waals surface area contributed by atoms with E-state index in [1.807, 2.05) is 0 Å². The van der Waals surface area contributed by atoms with Crippen molar-refractivity contribution in [1.82, 2.24) is 0 Å². The number of hydrogen-bond donors (Lipinski definition) is 1. The Hall–Kier alpha value is -2.69. The predicted molar refractivity (Wildman–Crippen MR) is 91.2 cm³/mol. The number of ether oxygens (including phenoxy) is 1. The molecule has 2 aromatic carbocycles. The van der Waals surface area contributed by atoms with Crippen LogP contribution in [0.15, 0.2) is 54.2 Å². The van der Waals surface area contributed by atoms with Crippen molar-refractivity contribution in [3.8, 4) is 11.8 Å². The Balaban J connectivity index is 2.15. The normalized spacial score (nSPS) is 11.6. The van der Waals surface area contributed by atoms with Gasteiger partial charge in [0.1, 0.15) is 17.4 Å². The van der Waals surface area contributed by atoms with Gasteiger partial charge in [0, 0.05) is 17.5 Å². The number of nitrogens with one attached hydrogen (secondary N) is 1. The van der Waals surface area contributed by atoms with E-state index in [9.17, 15) is 18.0 Å². The number of hydrogen-bond acceptors (Lipinski definition) is 4. The zero-order valence-corrected chi connectivity index (χ0v) is 14.3. The SMILES string of the molecule is N#CC(=CNc1ccc(Cl)c(Cl)c1)C(=O)c1ccc(OC(F)(F)F)cc1. The summed E-state index contributed by atoms with van der Waals surface area (Å²) in [4.78, 5) is 12.3. The first-order valence-corrected chi connectivity index (χ1v) is 7.67. The molecule has 0 aliphatic heterocycles. The van der Waals surface area contributed by atoms with Crippen molar-refractivity contribution in [2.24, 2.45) is 0 Å². The highest BCUT2D eigenvalue weighted by Crippen LogP contribution is 2.26. The number of carbonyl (C=O) groups is 1. The fourth-order valence-corrected chi connectivity index (χ4v) is 2.15. The van der Waals surface area contributed by atoms with E-state index in [1.165, 1.54) is 18.3 Å². The predicted octanol–water partition coefficient (Wildman–Crippen LogP) is 5.59. The molecule has 0 aliphatic carbocycles. The molecule has 0 saturated heterocycles. The number of rotatable bonds is 5. The summed E-state index contributed by atoms with van der Waals surface area (Å²) in [7, 11) is 0. The smallest absolute Gasteiger partial charge is 0.406 e. The number of carbonyl (C=O) groups excluding carboxylic acids is 1. The van der Waals surface area contributed by atoms with E-state index in [4.69, 9.17) is 28.5 Å². The molecule has 0 aliphatic rings. The Morgan fingerprint density at radius 2 is 1.77 bits per heavy atom. The Labute approximate surface area is 156 Å². The van der Waals surface area contributed by atoms with E-state index in [0.717, 1.165) is 24.3 Å². The van der Waals surface area contributed by atoms with Crippen molar-refractivity contribution >= 4 is 34.7 Å². The molecule has 4 nitrogen and oxygen atoms in total. The van der Waals surface area contributed by atoms with Gasteiger partial charge in [0.15, 0.2) is 0 Å². The van der Waals surface area contributed by atoms with Crippen LogP contribution in [0.25, 0.3) is 0 Å². The summed E-state index contributed by atoms with van der Waals surface area (Å²) < 4.78 is 40.1. The molecular weight excluding hydrogens is 392 g/mol. The number of Topliss-reactive ketones (excluding diaryl/α,β-unsaturated/α-hetero) is 1. The van der Waals surface area contributed by atoms with Crippen LogP contribution in [0.5, 0.6) is 5.75 Å². The van der Waals surface area contributed by atoms with Crippen LogP contribution in [0.3, 0.4) is 0 Å². The van der Waals surface area contributed by atoms with Crippen LogP contribution in [0, 0.1) is 11.3 Å². The lowest BCUT2D eigenvalue weighted by Crippen LogP contribution is -2.17. The molecule has 0 heterocycles. The lowest BCUT2D eigenvalue weighted by molar-refractivity contribution is -0.274. The highest BCUT2D eigenvalue weighted by Gasteiger charge is 2.31. The van der Waals surface area contributed by atoms with Gasteiger partial charge in [-0.3, -0.25) is 4.79 Å². The Morgan fingerprint density at radius 1 is 1.12 bits per heavy atom. The minimum atomic E-state index is -4.83. The van der Waals surface area contributed by atoms with Crippen LogP contribution in [0.4, 0.5) is 18.9 Å². The lowest BCUT2D eigenvalue weighted by atomic mass is 10.1.